The standard InChI is InChI=1S/C10H8ClFS2/c1-13-8-4-6-2-3-14-10(6)7(5-11)9(8)12/h2-4H,5H2,1H3. The molecular weight excluding hydrogens is 239 g/mol. The van der Waals surface area contributed by atoms with Crippen LogP contribution in [0.15, 0.2) is 22.4 Å². The van der Waals surface area contributed by atoms with Gasteiger partial charge in [0.2, 0.25) is 0 Å². The summed E-state index contributed by atoms with van der Waals surface area (Å²) in [7, 11) is 0. The Morgan fingerprint density at radius 1 is 1.57 bits per heavy atom. The minimum atomic E-state index is -0.164. The van der Waals surface area contributed by atoms with Crippen molar-refractivity contribution in [1.29, 1.82) is 0 Å². The molecule has 14 heavy (non-hydrogen) atoms. The molecule has 2 aromatic rings. The Morgan fingerprint density at radius 2 is 2.36 bits per heavy atom. The highest BCUT2D eigenvalue weighted by atomic mass is 35.5. The van der Waals surface area contributed by atoms with E-state index in [0.29, 0.717) is 10.5 Å². The van der Waals surface area contributed by atoms with Gasteiger partial charge in [0.15, 0.2) is 0 Å². The summed E-state index contributed by atoms with van der Waals surface area (Å²) in [6, 6.07) is 3.87. The fraction of sp³-hybridized carbons (Fsp3) is 0.200. The van der Waals surface area contributed by atoms with Gasteiger partial charge in [-0.2, -0.15) is 0 Å². The Hall–Kier alpha value is -0.250. The quantitative estimate of drug-likeness (QED) is 0.555. The van der Waals surface area contributed by atoms with Crippen molar-refractivity contribution in [1.82, 2.24) is 0 Å². The van der Waals surface area contributed by atoms with Crippen LogP contribution >= 0.6 is 34.7 Å². The summed E-state index contributed by atoms with van der Waals surface area (Å²) in [5.41, 5.74) is 0.628. The van der Waals surface area contributed by atoms with Gasteiger partial charge in [-0.25, -0.2) is 4.39 Å². The largest absolute Gasteiger partial charge is 0.205 e. The van der Waals surface area contributed by atoms with Crippen molar-refractivity contribution in [3.05, 3.63) is 28.9 Å². The smallest absolute Gasteiger partial charge is 0.142 e. The fourth-order valence-electron chi connectivity index (χ4n) is 1.40. The van der Waals surface area contributed by atoms with Crippen molar-refractivity contribution in [3.63, 3.8) is 0 Å². The van der Waals surface area contributed by atoms with Crippen LogP contribution < -0.4 is 0 Å². The molecule has 2 rings (SSSR count). The summed E-state index contributed by atoms with van der Waals surface area (Å²) >= 11 is 8.71. The summed E-state index contributed by atoms with van der Waals surface area (Å²) in [5, 5.41) is 3.04. The van der Waals surface area contributed by atoms with Gasteiger partial charge in [0, 0.05) is 15.2 Å². The van der Waals surface area contributed by atoms with Crippen LogP contribution in [0.2, 0.25) is 0 Å². The molecule has 74 valence electrons. The van der Waals surface area contributed by atoms with E-state index in [-0.39, 0.29) is 11.7 Å². The van der Waals surface area contributed by atoms with Crippen molar-refractivity contribution in [2.45, 2.75) is 10.8 Å². The van der Waals surface area contributed by atoms with Gasteiger partial charge >= 0.3 is 0 Å². The van der Waals surface area contributed by atoms with E-state index in [1.165, 1.54) is 23.1 Å². The Morgan fingerprint density at radius 3 is 3.00 bits per heavy atom. The van der Waals surface area contributed by atoms with E-state index in [2.05, 4.69) is 0 Å². The summed E-state index contributed by atoms with van der Waals surface area (Å²) in [6.07, 6.45) is 1.87. The number of alkyl halides is 1. The molecule has 0 spiro atoms. The summed E-state index contributed by atoms with van der Waals surface area (Å²) in [6.45, 7) is 0. The zero-order valence-electron chi connectivity index (χ0n) is 7.51. The predicted octanol–water partition coefficient (Wildman–Crippen LogP) is 4.50. The molecule has 0 saturated carbocycles. The molecule has 0 nitrogen and oxygen atoms in total. The SMILES string of the molecule is CSc1cc2ccsc2c(CCl)c1F. The molecule has 0 amide bonds. The average molecular weight is 247 g/mol. The van der Waals surface area contributed by atoms with Gasteiger partial charge in [0.05, 0.1) is 5.88 Å². The minimum Gasteiger partial charge on any atom is -0.205 e. The molecule has 0 unspecified atom stereocenters. The highest BCUT2D eigenvalue weighted by molar-refractivity contribution is 7.98. The number of hydrogen-bond donors (Lipinski definition) is 0. The highest BCUT2D eigenvalue weighted by Crippen LogP contribution is 2.33. The van der Waals surface area contributed by atoms with Crippen molar-refractivity contribution < 1.29 is 4.39 Å². The van der Waals surface area contributed by atoms with Crippen LogP contribution in [-0.2, 0) is 5.88 Å². The second-order valence-corrected chi connectivity index (χ2v) is 4.88. The van der Waals surface area contributed by atoms with Gasteiger partial charge in [-0.1, -0.05) is 0 Å². The first-order chi connectivity index (χ1) is 6.77. The van der Waals surface area contributed by atoms with Crippen molar-refractivity contribution in [3.8, 4) is 0 Å². The van der Waals surface area contributed by atoms with Gasteiger partial charge in [0.1, 0.15) is 5.82 Å². The van der Waals surface area contributed by atoms with Crippen LogP contribution in [0.3, 0.4) is 0 Å². The van der Waals surface area contributed by atoms with Crippen molar-refractivity contribution >= 4 is 44.8 Å². The van der Waals surface area contributed by atoms with E-state index < -0.39 is 0 Å². The van der Waals surface area contributed by atoms with Crippen LogP contribution in [0.4, 0.5) is 4.39 Å². The fourth-order valence-corrected chi connectivity index (χ4v) is 3.19. The lowest BCUT2D eigenvalue weighted by Gasteiger charge is -2.05. The molecule has 4 heteroatoms. The molecule has 0 aliphatic carbocycles. The Kier molecular flexibility index (Phi) is 3.00. The minimum absolute atomic E-state index is 0.164. The van der Waals surface area contributed by atoms with E-state index in [1.807, 2.05) is 23.8 Å². The van der Waals surface area contributed by atoms with Crippen LogP contribution in [-0.4, -0.2) is 6.26 Å². The van der Waals surface area contributed by atoms with Crippen LogP contribution in [0.25, 0.3) is 10.1 Å². The van der Waals surface area contributed by atoms with E-state index >= 15 is 0 Å². The van der Waals surface area contributed by atoms with E-state index in [9.17, 15) is 4.39 Å². The lowest BCUT2D eigenvalue weighted by atomic mass is 10.2. The third kappa shape index (κ3) is 1.53. The Bertz CT molecular complexity index is 464. The average Bonchev–Trinajstić information content (AvgIpc) is 2.64. The molecule has 0 radical (unpaired) electrons. The monoisotopic (exact) mass is 246 g/mol. The molecule has 1 aromatic carbocycles. The number of hydrogen-bond acceptors (Lipinski definition) is 2. The maximum Gasteiger partial charge on any atom is 0.142 e. The zero-order chi connectivity index (χ0) is 10.1. The Labute approximate surface area is 95.1 Å². The van der Waals surface area contributed by atoms with Gasteiger partial charge in [-0.15, -0.1) is 34.7 Å². The third-order valence-corrected chi connectivity index (χ3v) is 4.09. The molecule has 0 N–H and O–H groups in total. The molecule has 0 fully saturated rings. The first kappa shape index (κ1) is 10.3. The molecule has 1 aromatic heterocycles. The maximum absolute atomic E-state index is 13.8. The topological polar surface area (TPSA) is 0 Å². The molecule has 1 heterocycles. The number of halogens is 2. The molecular formula is C10H8ClFS2. The number of rotatable bonds is 2. The van der Waals surface area contributed by atoms with Gasteiger partial charge in [0.25, 0.3) is 0 Å². The summed E-state index contributed by atoms with van der Waals surface area (Å²) in [4.78, 5) is 0.673. The molecule has 0 atom stereocenters. The van der Waals surface area contributed by atoms with Crippen LogP contribution in [0.1, 0.15) is 5.56 Å². The first-order valence-corrected chi connectivity index (χ1v) is 6.70. The number of thioether (sulfide) groups is 1. The lowest BCUT2D eigenvalue weighted by molar-refractivity contribution is 0.594. The summed E-state index contributed by atoms with van der Waals surface area (Å²) < 4.78 is 14.8. The molecule has 0 aliphatic rings. The third-order valence-electron chi connectivity index (χ3n) is 2.09. The highest BCUT2D eigenvalue weighted by Gasteiger charge is 2.12. The number of benzene rings is 1. The second kappa shape index (κ2) is 4.09. The van der Waals surface area contributed by atoms with Crippen LogP contribution in [0, 0.1) is 5.82 Å². The molecule has 0 bridgehead atoms. The predicted molar refractivity (Wildman–Crippen MR) is 63.1 cm³/mol. The van der Waals surface area contributed by atoms with Crippen molar-refractivity contribution in [2.24, 2.45) is 0 Å². The lowest BCUT2D eigenvalue weighted by Crippen LogP contribution is -1.89. The molecule has 0 aliphatic heterocycles. The molecule has 0 saturated heterocycles. The summed E-state index contributed by atoms with van der Waals surface area (Å²) in [5.74, 6) is 0.0690. The Balaban J connectivity index is 2.80. The second-order valence-electron chi connectivity index (χ2n) is 2.84. The van der Waals surface area contributed by atoms with Gasteiger partial charge in [-0.3, -0.25) is 0 Å². The van der Waals surface area contributed by atoms with E-state index in [1.54, 1.807) is 0 Å². The number of fused-ring (bicyclic) bond motifs is 1. The van der Waals surface area contributed by atoms with E-state index in [4.69, 9.17) is 11.6 Å². The van der Waals surface area contributed by atoms with E-state index in [0.717, 1.165) is 10.1 Å². The van der Waals surface area contributed by atoms with Gasteiger partial charge in [-0.05, 0) is 29.2 Å². The zero-order valence-corrected chi connectivity index (χ0v) is 9.90. The normalized spacial score (nSPS) is 11.1. The van der Waals surface area contributed by atoms with Gasteiger partial charge < -0.3 is 0 Å². The van der Waals surface area contributed by atoms with Crippen LogP contribution in [0.5, 0.6) is 0 Å². The van der Waals surface area contributed by atoms with Crippen molar-refractivity contribution in [2.75, 3.05) is 6.26 Å². The first-order valence-electron chi connectivity index (χ1n) is 4.06. The number of thiophene rings is 1. The maximum atomic E-state index is 13.8.